The van der Waals surface area contributed by atoms with Gasteiger partial charge in [-0.2, -0.15) is 0 Å². The van der Waals surface area contributed by atoms with Gasteiger partial charge in [0.15, 0.2) is 21.4 Å². The summed E-state index contributed by atoms with van der Waals surface area (Å²) < 4.78 is 82.7. The molecule has 3 unspecified atom stereocenters. The molecule has 458 valence electrons. The van der Waals surface area contributed by atoms with Gasteiger partial charge in [0, 0.05) is 0 Å². The summed E-state index contributed by atoms with van der Waals surface area (Å²) in [5.74, 6) is 7.40. The highest BCUT2D eigenvalue weighted by atomic mass is 31.2. The largest absolute Gasteiger partial charge is 0.456 e. The molecule has 0 bridgehead atoms. The molecule has 6 heterocycles. The highest BCUT2D eigenvalue weighted by Crippen LogP contribution is 2.62. The number of hydrogen-bond donors (Lipinski definition) is 0. The summed E-state index contributed by atoms with van der Waals surface area (Å²) in [6, 6.07) is 105. The molecule has 0 aliphatic carbocycles. The van der Waals surface area contributed by atoms with Crippen molar-refractivity contribution >= 4 is 69.2 Å². The first kappa shape index (κ1) is 57.3. The van der Waals surface area contributed by atoms with Crippen molar-refractivity contribution in [2.75, 3.05) is 0 Å². The van der Waals surface area contributed by atoms with Crippen molar-refractivity contribution in [1.82, 2.24) is 0 Å². The van der Waals surface area contributed by atoms with Gasteiger partial charge in [-0.15, -0.1) is 0 Å². The normalized spacial score (nSPS) is 17.3. The fourth-order valence-corrected chi connectivity index (χ4v) is 23.0. The van der Waals surface area contributed by atoms with Crippen LogP contribution >= 0.6 is 21.4 Å². The van der Waals surface area contributed by atoms with Crippen LogP contribution in [0.4, 0.5) is 0 Å². The summed E-state index contributed by atoms with van der Waals surface area (Å²) in [6.07, 6.45) is 0. The molecule has 0 aromatic heterocycles. The number of rotatable bonds is 5. The molecule has 0 radical (unpaired) electrons. The van der Waals surface area contributed by atoms with Crippen molar-refractivity contribution in [3.05, 3.63) is 322 Å². The van der Waals surface area contributed by atoms with E-state index in [4.69, 9.17) is 28.4 Å². The molecule has 9 nitrogen and oxygen atoms in total. The lowest BCUT2D eigenvalue weighted by molar-refractivity contribution is 0.461. The number of benzene rings is 14. The van der Waals surface area contributed by atoms with E-state index in [1.807, 2.05) is 273 Å². The maximum Gasteiger partial charge on any atom is 0.185 e. The highest BCUT2D eigenvalue weighted by molar-refractivity contribution is 7.87. The lowest BCUT2D eigenvalue weighted by Crippen LogP contribution is -2.35. The van der Waals surface area contributed by atoms with Crippen LogP contribution in [0.1, 0.15) is 0 Å². The Morgan fingerprint density at radius 1 is 0.156 bits per heavy atom. The number of para-hydroxylation sites is 3. The van der Waals surface area contributed by atoms with Gasteiger partial charge in [-0.25, -0.2) is 0 Å². The smallest absolute Gasteiger partial charge is 0.185 e. The summed E-state index contributed by atoms with van der Waals surface area (Å²) in [4.78, 5) is 0. The molecule has 0 saturated heterocycles. The van der Waals surface area contributed by atoms with Gasteiger partial charge in [0.2, 0.25) is 0 Å². The molecule has 0 fully saturated rings. The Hall–Kier alpha value is -11.4. The fraction of sp³-hybridized carbons (Fsp3) is 0. The summed E-state index contributed by atoms with van der Waals surface area (Å²) in [5, 5.41) is 6.26. The second kappa shape index (κ2) is 22.7. The summed E-state index contributed by atoms with van der Waals surface area (Å²) >= 11 is 0. The number of hydrogen-bond acceptors (Lipinski definition) is 9. The summed E-state index contributed by atoms with van der Waals surface area (Å²) in [5.41, 5.74) is 10.3. The van der Waals surface area contributed by atoms with Gasteiger partial charge in [0.25, 0.3) is 0 Å². The monoisotopic (exact) mass is 1300 g/mol. The van der Waals surface area contributed by atoms with E-state index in [2.05, 4.69) is 48.5 Å². The molecule has 0 amide bonds. The molecule has 12 heteroatoms. The first-order valence-corrected chi connectivity index (χ1v) is 36.7. The Balaban J connectivity index is 0.000000106. The highest BCUT2D eigenvalue weighted by Gasteiger charge is 2.50. The van der Waals surface area contributed by atoms with Crippen LogP contribution in [0.2, 0.25) is 0 Å². The Kier molecular flexibility index (Phi) is 13.5. The van der Waals surface area contributed by atoms with E-state index >= 15 is 9.13 Å². The zero-order chi connectivity index (χ0) is 64.1. The molecule has 3 atom stereocenters. The minimum Gasteiger partial charge on any atom is -0.456 e. The fourth-order valence-electron chi connectivity index (χ4n) is 13.9. The van der Waals surface area contributed by atoms with Crippen LogP contribution < -0.4 is 76.2 Å². The average Bonchev–Trinajstić information content (AvgIpc) is 0.716. The lowest BCUT2D eigenvalue weighted by Gasteiger charge is -2.35. The minimum atomic E-state index is -3.22. The van der Waals surface area contributed by atoms with Crippen molar-refractivity contribution in [2.45, 2.75) is 0 Å². The maximum absolute atomic E-state index is 15.2. The van der Waals surface area contributed by atoms with E-state index < -0.39 is 21.4 Å². The van der Waals surface area contributed by atoms with Gasteiger partial charge in [0.1, 0.15) is 84.9 Å². The Bertz CT molecular complexity index is 5630. The maximum atomic E-state index is 15.2. The van der Waals surface area contributed by atoms with Gasteiger partial charge >= 0.3 is 0 Å². The predicted molar refractivity (Wildman–Crippen MR) is 385 cm³/mol. The van der Waals surface area contributed by atoms with Crippen molar-refractivity contribution in [2.24, 2.45) is 0 Å². The first-order valence-electron chi connectivity index (χ1n) is 31.6. The van der Waals surface area contributed by atoms with E-state index in [0.29, 0.717) is 106 Å². The van der Waals surface area contributed by atoms with Crippen molar-refractivity contribution in [3.8, 4) is 125 Å². The predicted octanol–water partition coefficient (Wildman–Crippen LogP) is 18.9. The van der Waals surface area contributed by atoms with Crippen LogP contribution in [-0.2, 0) is 13.7 Å². The molecule has 6 aliphatic heterocycles. The Morgan fingerprint density at radius 3 is 0.781 bits per heavy atom. The van der Waals surface area contributed by atoms with Gasteiger partial charge in [-0.1, -0.05) is 212 Å². The first-order chi connectivity index (χ1) is 47.2. The van der Waals surface area contributed by atoms with Crippen molar-refractivity contribution in [3.63, 3.8) is 0 Å². The summed E-state index contributed by atoms with van der Waals surface area (Å²) in [7, 11) is -9.49. The zero-order valence-corrected chi connectivity index (χ0v) is 53.8. The molecular formula is C84H53O9P3. The molecule has 0 N–H and O–H groups in total. The van der Waals surface area contributed by atoms with Crippen LogP contribution in [0.3, 0.4) is 0 Å². The third-order valence-electron chi connectivity index (χ3n) is 18.4. The van der Waals surface area contributed by atoms with Gasteiger partial charge < -0.3 is 42.1 Å². The second-order valence-corrected chi connectivity index (χ2v) is 31.9. The van der Waals surface area contributed by atoms with Crippen LogP contribution in [0.15, 0.2) is 322 Å². The molecule has 96 heavy (non-hydrogen) atoms. The third-order valence-corrected chi connectivity index (χ3v) is 27.8. The SMILES string of the molecule is O=P12c3ccccc3Oc3cc(-c4ccccc4)cc(c31)Oc1cc(-c3ccccc3)ccc12.O=P12c3ccccc3Oc3cc(-c4ccccc4)cc(c31)Oc1ccc(-c3ccccc3)cc12.O=P12c3ccccc3Oc3cccc(c31)Oc1cc(-c3ccccc3)ccc12. The van der Waals surface area contributed by atoms with Crippen molar-refractivity contribution in [1.29, 1.82) is 0 Å². The van der Waals surface area contributed by atoms with E-state index in [-0.39, 0.29) is 0 Å². The van der Waals surface area contributed by atoms with Crippen LogP contribution in [0, 0.1) is 0 Å². The van der Waals surface area contributed by atoms with E-state index in [1.54, 1.807) is 0 Å². The molecule has 14 aromatic carbocycles. The topological polar surface area (TPSA) is 107 Å². The summed E-state index contributed by atoms with van der Waals surface area (Å²) in [6.45, 7) is 0. The van der Waals surface area contributed by atoms with Crippen molar-refractivity contribution < 1.29 is 42.1 Å². The quantitative estimate of drug-likeness (QED) is 0.156. The Labute approximate surface area is 554 Å². The van der Waals surface area contributed by atoms with Gasteiger partial charge in [-0.3, -0.25) is 0 Å². The van der Waals surface area contributed by atoms with Crippen LogP contribution in [0.5, 0.6) is 69.0 Å². The van der Waals surface area contributed by atoms with Gasteiger partial charge in [-0.05, 0) is 165 Å². The minimum absolute atomic E-state index is 0.590. The zero-order valence-electron chi connectivity index (χ0n) is 51.1. The van der Waals surface area contributed by atoms with E-state index in [0.717, 1.165) is 66.2 Å². The molecular weight excluding hydrogens is 1250 g/mol. The molecule has 6 aliphatic rings. The van der Waals surface area contributed by atoms with E-state index in [1.165, 1.54) is 0 Å². The van der Waals surface area contributed by atoms with Gasteiger partial charge in [0.05, 0.1) is 31.8 Å². The standard InChI is InChI=1S/2C30H19O3P.C24H15O3P/c31-34-28-14-8-7-13-24(28)32-26-17-23(21-11-5-2-6-12-21)18-27(30(26)34)33-25-16-15-22(19-29(25)34)20-9-3-1-4-10-20;31-34-28-14-8-7-13-24(28)32-26-18-23(21-11-5-2-6-12-21)19-27(30(26)34)33-25-17-22(15-16-29(25)34)20-9-3-1-4-10-20;25-28-22-12-5-4-9-18(22)26-19-10-6-11-20(24(19)28)27-21-15-17(13-14-23(21)28)16-7-2-1-3-8-16/h2*1-19H;1-15H. The van der Waals surface area contributed by atoms with Crippen LogP contribution in [0.25, 0.3) is 55.6 Å². The molecule has 14 aromatic rings. The number of ether oxygens (including phenoxy) is 6. The third kappa shape index (κ3) is 9.18. The Morgan fingerprint density at radius 2 is 0.396 bits per heavy atom. The number of fused-ring (bicyclic) bond motifs is 12. The molecule has 0 spiro atoms. The lowest BCUT2D eigenvalue weighted by atomic mass is 10.0. The van der Waals surface area contributed by atoms with Crippen LogP contribution in [-0.4, -0.2) is 0 Å². The second-order valence-electron chi connectivity index (χ2n) is 24.0. The average molecular weight is 1300 g/mol. The molecule has 0 saturated carbocycles. The molecule has 20 rings (SSSR count). The van der Waals surface area contributed by atoms with E-state index in [9.17, 15) is 4.57 Å².